The summed E-state index contributed by atoms with van der Waals surface area (Å²) < 4.78 is 16.7. The van der Waals surface area contributed by atoms with E-state index in [9.17, 15) is 14.7 Å². The van der Waals surface area contributed by atoms with Gasteiger partial charge in [0.05, 0.1) is 11.6 Å². The average molecular weight is 506 g/mol. The summed E-state index contributed by atoms with van der Waals surface area (Å²) in [6.45, 7) is 0.490. The molecule has 0 aromatic heterocycles. The minimum Gasteiger partial charge on any atom is -0.507 e. The number of aliphatic hydroxyl groups excluding tert-OH is 1. The number of ether oxygens (including phenoxy) is 3. The van der Waals surface area contributed by atoms with Crippen LogP contribution in [0.2, 0.25) is 0 Å². The molecule has 38 heavy (non-hydrogen) atoms. The molecular weight excluding hydrogens is 482 g/mol. The van der Waals surface area contributed by atoms with Gasteiger partial charge in [-0.3, -0.25) is 14.5 Å². The number of carbonyl (C=O) groups is 2. The molecule has 7 heteroatoms. The molecule has 7 nitrogen and oxygen atoms in total. The zero-order valence-corrected chi connectivity index (χ0v) is 20.2. The number of hydrogen-bond acceptors (Lipinski definition) is 6. The minimum absolute atomic E-state index is 0.00401. The standard InChI is InChI=1S/C31H23NO6/c33-29(22-13-16-25-26(17-22)38-19-37-25)27-28(32(31(35)30(27)34)23-9-5-2-6-10-23)21-11-14-24(15-12-21)36-18-20-7-3-1-4-8-20/h1-17,28,33H,18-19H2/b29-27-. The number of anilines is 1. The topological polar surface area (TPSA) is 85.3 Å². The van der Waals surface area contributed by atoms with Crippen molar-refractivity contribution >= 4 is 23.1 Å². The summed E-state index contributed by atoms with van der Waals surface area (Å²) in [4.78, 5) is 28.1. The maximum Gasteiger partial charge on any atom is 0.300 e. The number of Topliss-reactive ketones (excluding diaryl/α,β-unsaturated/α-hetero) is 1. The molecule has 4 aromatic carbocycles. The molecule has 188 valence electrons. The first kappa shape index (κ1) is 23.4. The summed E-state index contributed by atoms with van der Waals surface area (Å²) in [5.74, 6) is -0.109. The van der Waals surface area contributed by atoms with Crippen molar-refractivity contribution in [3.63, 3.8) is 0 Å². The van der Waals surface area contributed by atoms with Crippen LogP contribution in [0.15, 0.2) is 109 Å². The Hall–Kier alpha value is -5.04. The lowest BCUT2D eigenvalue weighted by Crippen LogP contribution is -2.29. The minimum atomic E-state index is -0.842. The number of amides is 1. The SMILES string of the molecule is O=C1C(=O)N(c2ccccc2)C(c2ccc(OCc3ccccc3)cc2)/C1=C(/O)c1ccc2c(c1)OCO2. The summed E-state index contributed by atoms with van der Waals surface area (Å²) >= 11 is 0. The smallest absolute Gasteiger partial charge is 0.300 e. The van der Waals surface area contributed by atoms with E-state index in [2.05, 4.69) is 0 Å². The molecule has 1 fully saturated rings. The monoisotopic (exact) mass is 505 g/mol. The van der Waals surface area contributed by atoms with E-state index in [1.165, 1.54) is 4.90 Å². The predicted molar refractivity (Wildman–Crippen MR) is 141 cm³/mol. The third-order valence-corrected chi connectivity index (χ3v) is 6.57. The van der Waals surface area contributed by atoms with Crippen molar-refractivity contribution in [1.29, 1.82) is 0 Å². The van der Waals surface area contributed by atoms with Crippen molar-refractivity contribution in [3.8, 4) is 17.2 Å². The summed E-state index contributed by atoms with van der Waals surface area (Å²) in [6, 6.07) is 30.0. The first-order valence-electron chi connectivity index (χ1n) is 12.1. The van der Waals surface area contributed by atoms with E-state index in [1.54, 1.807) is 66.7 Å². The number of carbonyl (C=O) groups excluding carboxylic acids is 2. The molecule has 1 amide bonds. The van der Waals surface area contributed by atoms with Crippen LogP contribution in [0.25, 0.3) is 5.76 Å². The van der Waals surface area contributed by atoms with Crippen LogP contribution in [0.1, 0.15) is 22.7 Å². The van der Waals surface area contributed by atoms with Crippen molar-refractivity contribution in [3.05, 3.63) is 125 Å². The van der Waals surface area contributed by atoms with Gasteiger partial charge in [0.2, 0.25) is 6.79 Å². The van der Waals surface area contributed by atoms with Crippen LogP contribution in [0, 0.1) is 0 Å². The molecule has 0 aliphatic carbocycles. The van der Waals surface area contributed by atoms with E-state index in [0.717, 1.165) is 5.56 Å². The van der Waals surface area contributed by atoms with Gasteiger partial charge in [-0.1, -0.05) is 60.7 Å². The highest BCUT2D eigenvalue weighted by atomic mass is 16.7. The first-order chi connectivity index (χ1) is 18.6. The van der Waals surface area contributed by atoms with E-state index >= 15 is 0 Å². The van der Waals surface area contributed by atoms with Gasteiger partial charge in [0, 0.05) is 11.3 Å². The molecule has 2 aliphatic heterocycles. The number of para-hydroxylation sites is 1. The maximum absolute atomic E-state index is 13.4. The molecule has 1 saturated heterocycles. The quantitative estimate of drug-likeness (QED) is 0.208. The predicted octanol–water partition coefficient (Wildman–Crippen LogP) is 5.62. The highest BCUT2D eigenvalue weighted by Gasteiger charge is 2.47. The number of hydrogen-bond donors (Lipinski definition) is 1. The summed E-state index contributed by atoms with van der Waals surface area (Å²) in [7, 11) is 0. The van der Waals surface area contributed by atoms with Gasteiger partial charge in [-0.25, -0.2) is 0 Å². The molecule has 6 rings (SSSR count). The lowest BCUT2D eigenvalue weighted by molar-refractivity contribution is -0.132. The third-order valence-electron chi connectivity index (χ3n) is 6.57. The highest BCUT2D eigenvalue weighted by Crippen LogP contribution is 2.43. The van der Waals surface area contributed by atoms with Crippen molar-refractivity contribution in [2.24, 2.45) is 0 Å². The second-order valence-electron chi connectivity index (χ2n) is 8.92. The second kappa shape index (κ2) is 9.78. The molecule has 0 radical (unpaired) electrons. The van der Waals surface area contributed by atoms with Crippen LogP contribution in [-0.2, 0) is 16.2 Å². The Kier molecular flexibility index (Phi) is 6.01. The highest BCUT2D eigenvalue weighted by molar-refractivity contribution is 6.51. The zero-order valence-electron chi connectivity index (χ0n) is 20.2. The molecule has 0 bridgehead atoms. The Morgan fingerprint density at radius 3 is 2.26 bits per heavy atom. The fourth-order valence-electron chi connectivity index (χ4n) is 4.69. The van der Waals surface area contributed by atoms with E-state index in [0.29, 0.717) is 40.7 Å². The molecule has 0 spiro atoms. The molecule has 4 aromatic rings. The van der Waals surface area contributed by atoms with E-state index < -0.39 is 17.7 Å². The molecule has 1 unspecified atom stereocenters. The molecule has 0 saturated carbocycles. The van der Waals surface area contributed by atoms with E-state index in [1.807, 2.05) is 36.4 Å². The Balaban J connectivity index is 1.40. The number of rotatable bonds is 6. The molecule has 1 N–H and O–H groups in total. The molecule has 2 aliphatic rings. The fourth-order valence-corrected chi connectivity index (χ4v) is 4.69. The van der Waals surface area contributed by atoms with Crippen LogP contribution in [0.3, 0.4) is 0 Å². The third kappa shape index (κ3) is 4.24. The zero-order chi connectivity index (χ0) is 26.1. The molecular formula is C31H23NO6. The Labute approximate surface area is 219 Å². The van der Waals surface area contributed by atoms with Crippen LogP contribution < -0.4 is 19.1 Å². The van der Waals surface area contributed by atoms with Gasteiger partial charge in [-0.05, 0) is 53.6 Å². The number of benzene rings is 4. The van der Waals surface area contributed by atoms with Crippen LogP contribution in [-0.4, -0.2) is 23.6 Å². The van der Waals surface area contributed by atoms with Crippen LogP contribution >= 0.6 is 0 Å². The number of nitrogens with zero attached hydrogens (tertiary/aromatic N) is 1. The normalized spacial score (nSPS) is 17.6. The Morgan fingerprint density at radius 1 is 0.842 bits per heavy atom. The summed E-state index contributed by atoms with van der Waals surface area (Å²) in [5, 5.41) is 11.4. The molecule has 1 atom stereocenters. The molecule has 2 heterocycles. The van der Waals surface area contributed by atoms with Gasteiger partial charge < -0.3 is 19.3 Å². The van der Waals surface area contributed by atoms with Gasteiger partial charge in [-0.2, -0.15) is 0 Å². The van der Waals surface area contributed by atoms with Crippen molar-refractivity contribution in [2.75, 3.05) is 11.7 Å². The summed E-state index contributed by atoms with van der Waals surface area (Å²) in [6.07, 6.45) is 0. The first-order valence-corrected chi connectivity index (χ1v) is 12.1. The van der Waals surface area contributed by atoms with Crippen molar-refractivity contribution < 1.29 is 28.9 Å². The maximum atomic E-state index is 13.4. The van der Waals surface area contributed by atoms with E-state index in [-0.39, 0.29) is 18.1 Å². The van der Waals surface area contributed by atoms with Gasteiger partial charge >= 0.3 is 0 Å². The fraction of sp³-hybridized carbons (Fsp3) is 0.0968. The van der Waals surface area contributed by atoms with Crippen LogP contribution in [0.5, 0.6) is 17.2 Å². The number of aliphatic hydroxyl groups is 1. The van der Waals surface area contributed by atoms with E-state index in [4.69, 9.17) is 14.2 Å². The average Bonchev–Trinajstić information content (AvgIpc) is 3.54. The second-order valence-corrected chi connectivity index (χ2v) is 8.92. The Morgan fingerprint density at radius 2 is 1.53 bits per heavy atom. The van der Waals surface area contributed by atoms with Gasteiger partial charge in [-0.15, -0.1) is 0 Å². The van der Waals surface area contributed by atoms with Crippen molar-refractivity contribution in [1.82, 2.24) is 0 Å². The van der Waals surface area contributed by atoms with Gasteiger partial charge in [0.1, 0.15) is 18.1 Å². The van der Waals surface area contributed by atoms with Gasteiger partial charge in [0.15, 0.2) is 11.5 Å². The number of ketones is 1. The summed E-state index contributed by atoms with van der Waals surface area (Å²) in [5.41, 5.74) is 2.60. The van der Waals surface area contributed by atoms with Crippen LogP contribution in [0.4, 0.5) is 5.69 Å². The number of fused-ring (bicyclic) bond motifs is 1. The lowest BCUT2D eigenvalue weighted by atomic mass is 9.95. The van der Waals surface area contributed by atoms with Crippen molar-refractivity contribution in [2.45, 2.75) is 12.6 Å². The largest absolute Gasteiger partial charge is 0.507 e. The Bertz CT molecular complexity index is 1530. The lowest BCUT2D eigenvalue weighted by Gasteiger charge is -2.25. The van der Waals surface area contributed by atoms with Gasteiger partial charge in [0.25, 0.3) is 11.7 Å².